The van der Waals surface area contributed by atoms with Crippen LogP contribution in [0.5, 0.6) is 0 Å². The third-order valence-corrected chi connectivity index (χ3v) is 9.28. The average molecular weight is 524 g/mol. The monoisotopic (exact) mass is 523 g/mol. The van der Waals surface area contributed by atoms with Crippen LogP contribution in [0.4, 0.5) is 5.13 Å². The third-order valence-electron chi connectivity index (χ3n) is 5.37. The Labute approximate surface area is 202 Å². The molecule has 0 radical (unpaired) electrons. The van der Waals surface area contributed by atoms with Gasteiger partial charge >= 0.3 is 0 Å². The van der Waals surface area contributed by atoms with Crippen LogP contribution < -0.4 is 5.32 Å². The van der Waals surface area contributed by atoms with Crippen molar-refractivity contribution in [2.45, 2.75) is 35.8 Å². The van der Waals surface area contributed by atoms with E-state index in [9.17, 15) is 21.6 Å². The number of Topliss-reactive ketones (excluding diaryl/α,β-unsaturated/α-hetero) is 1. The van der Waals surface area contributed by atoms with Gasteiger partial charge in [0.1, 0.15) is 0 Å². The minimum Gasteiger partial charge on any atom is -0.373 e. The molecule has 1 aliphatic heterocycles. The van der Waals surface area contributed by atoms with Crippen LogP contribution in [0.2, 0.25) is 0 Å². The zero-order valence-corrected chi connectivity index (χ0v) is 21.3. The molecule has 1 aromatic heterocycles. The van der Waals surface area contributed by atoms with Crippen LogP contribution >= 0.6 is 11.3 Å². The molecule has 1 fully saturated rings. The molecule has 0 amide bonds. The first-order chi connectivity index (χ1) is 15.9. The third kappa shape index (κ3) is 5.31. The number of nitrogens with zero attached hydrogens (tertiary/aromatic N) is 2. The van der Waals surface area contributed by atoms with Crippen molar-refractivity contribution in [3.05, 3.63) is 48.0 Å². The lowest BCUT2D eigenvalue weighted by Crippen LogP contribution is -2.48. The number of benzene rings is 2. The number of carbonyl (C=O) groups is 1. The number of morpholine rings is 1. The smallest absolute Gasteiger partial charge is 0.243 e. The van der Waals surface area contributed by atoms with Crippen molar-refractivity contribution in [1.82, 2.24) is 9.29 Å². The van der Waals surface area contributed by atoms with Crippen molar-refractivity contribution in [3.63, 3.8) is 0 Å². The van der Waals surface area contributed by atoms with E-state index in [0.29, 0.717) is 15.3 Å². The number of thiazole rings is 1. The Morgan fingerprint density at radius 1 is 1.09 bits per heavy atom. The van der Waals surface area contributed by atoms with Crippen molar-refractivity contribution in [2.75, 3.05) is 31.2 Å². The molecule has 1 saturated heterocycles. The quantitative estimate of drug-likeness (QED) is 0.469. The van der Waals surface area contributed by atoms with Crippen molar-refractivity contribution in [3.8, 4) is 0 Å². The molecule has 0 aliphatic carbocycles. The molecule has 1 N–H and O–H groups in total. The molecule has 2 unspecified atom stereocenters. The molecule has 0 bridgehead atoms. The van der Waals surface area contributed by atoms with Crippen LogP contribution in [-0.4, -0.2) is 70.0 Å². The number of hydrogen-bond acceptors (Lipinski definition) is 9. The standard InChI is InChI=1S/C22H25N3O6S3/c1-14-12-25(13-15(2)31-14)34(29,30)18-6-4-5-16(9-18)20(26)11-23-22-24-19-8-7-17(33(3,27)28)10-21(19)32-22/h4-10,14-15H,11-13H2,1-3H3,(H,23,24). The second-order valence-electron chi connectivity index (χ2n) is 8.30. The molecule has 0 saturated carbocycles. The molecule has 0 spiro atoms. The van der Waals surface area contributed by atoms with Crippen molar-refractivity contribution in [1.29, 1.82) is 0 Å². The lowest BCUT2D eigenvalue weighted by molar-refractivity contribution is -0.0440. The van der Waals surface area contributed by atoms with E-state index in [-0.39, 0.29) is 53.0 Å². The zero-order chi connectivity index (χ0) is 24.7. The fourth-order valence-corrected chi connectivity index (χ4v) is 7.03. The highest BCUT2D eigenvalue weighted by atomic mass is 32.2. The van der Waals surface area contributed by atoms with Gasteiger partial charge in [0.2, 0.25) is 10.0 Å². The van der Waals surface area contributed by atoms with E-state index in [1.165, 1.54) is 33.8 Å². The fourth-order valence-electron chi connectivity index (χ4n) is 3.78. The summed E-state index contributed by atoms with van der Waals surface area (Å²) in [6.45, 7) is 4.08. The summed E-state index contributed by atoms with van der Waals surface area (Å²) >= 11 is 1.24. The van der Waals surface area contributed by atoms with Gasteiger partial charge in [-0.05, 0) is 44.2 Å². The maximum atomic E-state index is 13.1. The van der Waals surface area contributed by atoms with Gasteiger partial charge in [0.05, 0.1) is 38.8 Å². The predicted octanol–water partition coefficient (Wildman–Crippen LogP) is 2.79. The lowest BCUT2D eigenvalue weighted by atomic mass is 10.1. The van der Waals surface area contributed by atoms with Crippen molar-refractivity contribution >= 4 is 52.3 Å². The predicted molar refractivity (Wildman–Crippen MR) is 131 cm³/mol. The average Bonchev–Trinajstić information content (AvgIpc) is 3.18. The number of ether oxygens (including phenoxy) is 1. The Morgan fingerprint density at radius 3 is 2.47 bits per heavy atom. The van der Waals surface area contributed by atoms with E-state index in [0.717, 1.165) is 6.26 Å². The van der Waals surface area contributed by atoms with E-state index >= 15 is 0 Å². The zero-order valence-electron chi connectivity index (χ0n) is 18.9. The van der Waals surface area contributed by atoms with E-state index < -0.39 is 19.9 Å². The van der Waals surface area contributed by atoms with Gasteiger partial charge in [-0.2, -0.15) is 4.31 Å². The summed E-state index contributed by atoms with van der Waals surface area (Å²) in [4.78, 5) is 17.4. The highest BCUT2D eigenvalue weighted by Gasteiger charge is 2.32. The van der Waals surface area contributed by atoms with Gasteiger partial charge in [-0.25, -0.2) is 21.8 Å². The number of ketones is 1. The molecule has 182 valence electrons. The van der Waals surface area contributed by atoms with E-state index in [2.05, 4.69) is 10.3 Å². The summed E-state index contributed by atoms with van der Waals surface area (Å²) in [5.74, 6) is -0.295. The first-order valence-electron chi connectivity index (χ1n) is 10.6. The minimum atomic E-state index is -3.76. The van der Waals surface area contributed by atoms with Crippen LogP contribution in [0.25, 0.3) is 10.2 Å². The summed E-state index contributed by atoms with van der Waals surface area (Å²) in [6, 6.07) is 10.7. The Hall–Kier alpha value is -2.38. The number of rotatable bonds is 7. The van der Waals surface area contributed by atoms with Gasteiger partial charge in [0, 0.05) is 24.9 Å². The van der Waals surface area contributed by atoms with E-state index in [1.54, 1.807) is 24.3 Å². The molecule has 4 rings (SSSR count). The number of carbonyl (C=O) groups excluding carboxylic acids is 1. The largest absolute Gasteiger partial charge is 0.373 e. The number of sulfonamides is 1. The van der Waals surface area contributed by atoms with Crippen LogP contribution in [0, 0.1) is 0 Å². The maximum Gasteiger partial charge on any atom is 0.243 e. The molecule has 2 heterocycles. The molecule has 9 nitrogen and oxygen atoms in total. The molecular weight excluding hydrogens is 498 g/mol. The number of anilines is 1. The Morgan fingerprint density at radius 2 is 1.79 bits per heavy atom. The van der Waals surface area contributed by atoms with E-state index in [1.807, 2.05) is 13.8 Å². The number of aromatic nitrogens is 1. The summed E-state index contributed by atoms with van der Waals surface area (Å²) in [6.07, 6.45) is 0.714. The normalized spacial score (nSPS) is 19.9. The van der Waals surface area contributed by atoms with Gasteiger partial charge in [0.15, 0.2) is 20.8 Å². The maximum absolute atomic E-state index is 13.1. The summed E-state index contributed by atoms with van der Waals surface area (Å²) in [5, 5.41) is 3.42. The molecule has 3 aromatic rings. The Bertz CT molecular complexity index is 1440. The van der Waals surface area contributed by atoms with Gasteiger partial charge in [-0.3, -0.25) is 4.79 Å². The number of fused-ring (bicyclic) bond motifs is 1. The highest BCUT2D eigenvalue weighted by molar-refractivity contribution is 7.90. The first-order valence-corrected chi connectivity index (χ1v) is 14.7. The minimum absolute atomic E-state index is 0.0629. The number of nitrogens with one attached hydrogen (secondary N) is 1. The molecule has 12 heteroatoms. The second-order valence-corrected chi connectivity index (χ2v) is 13.3. The van der Waals surface area contributed by atoms with Gasteiger partial charge in [-0.15, -0.1) is 0 Å². The SMILES string of the molecule is CC1CN(S(=O)(=O)c2cccc(C(=O)CNc3nc4ccc(S(C)(=O)=O)cc4s3)c2)CC(C)O1. The molecule has 2 aromatic carbocycles. The van der Waals surface area contributed by atoms with Crippen LogP contribution in [-0.2, 0) is 24.6 Å². The summed E-state index contributed by atoms with van der Waals surface area (Å²) in [7, 11) is -7.10. The summed E-state index contributed by atoms with van der Waals surface area (Å²) in [5.41, 5.74) is 0.887. The molecule has 2 atom stereocenters. The Balaban J connectivity index is 1.48. The number of hydrogen-bond donors (Lipinski definition) is 1. The van der Waals surface area contributed by atoms with E-state index in [4.69, 9.17) is 4.74 Å². The van der Waals surface area contributed by atoms with Gasteiger partial charge in [0.25, 0.3) is 0 Å². The first kappa shape index (κ1) is 24.7. The van der Waals surface area contributed by atoms with Gasteiger partial charge in [-0.1, -0.05) is 23.5 Å². The topological polar surface area (TPSA) is 123 Å². The van der Waals surface area contributed by atoms with Crippen LogP contribution in [0.15, 0.2) is 52.3 Å². The van der Waals surface area contributed by atoms with Gasteiger partial charge < -0.3 is 10.1 Å². The Kier molecular flexibility index (Phi) is 6.80. The second kappa shape index (κ2) is 9.34. The number of sulfone groups is 1. The molecule has 34 heavy (non-hydrogen) atoms. The van der Waals surface area contributed by atoms with Crippen molar-refractivity contribution in [2.24, 2.45) is 0 Å². The fraction of sp³-hybridized carbons (Fsp3) is 0.364. The lowest BCUT2D eigenvalue weighted by Gasteiger charge is -2.34. The molecule has 1 aliphatic rings. The van der Waals surface area contributed by atoms with Crippen molar-refractivity contribution < 1.29 is 26.4 Å². The molecular formula is C22H25N3O6S3. The van der Waals surface area contributed by atoms with Crippen LogP contribution in [0.1, 0.15) is 24.2 Å². The summed E-state index contributed by atoms with van der Waals surface area (Å²) < 4.78 is 57.5. The van der Waals surface area contributed by atoms with Crippen LogP contribution in [0.3, 0.4) is 0 Å². The highest BCUT2D eigenvalue weighted by Crippen LogP contribution is 2.28.